The van der Waals surface area contributed by atoms with Crippen LogP contribution in [0.15, 0.2) is 6.07 Å². The van der Waals surface area contributed by atoms with Gasteiger partial charge in [0, 0.05) is 12.7 Å². The van der Waals surface area contributed by atoms with Gasteiger partial charge in [0.2, 0.25) is 0 Å². The average Bonchev–Trinajstić information content (AvgIpc) is 2.98. The second-order valence-corrected chi connectivity index (χ2v) is 4.55. The smallest absolute Gasteiger partial charge is 0.0644 e. The molecule has 1 aromatic carbocycles. The third-order valence-electron chi connectivity index (χ3n) is 2.77. The molecule has 1 saturated carbocycles. The van der Waals surface area contributed by atoms with Crippen LogP contribution in [0.1, 0.15) is 29.9 Å². The number of hydrogen-bond acceptors (Lipinski definition) is 1. The Morgan fingerprint density at radius 2 is 1.93 bits per heavy atom. The number of nitrogens with one attached hydrogen (secondary N) is 1. The van der Waals surface area contributed by atoms with Gasteiger partial charge in [-0.05, 0) is 42.9 Å². The third kappa shape index (κ3) is 1.59. The normalized spacial score (nSPS) is 15.7. The van der Waals surface area contributed by atoms with E-state index < -0.39 is 0 Å². The van der Waals surface area contributed by atoms with E-state index >= 15 is 0 Å². The summed E-state index contributed by atoms with van der Waals surface area (Å²) in [5, 5.41) is 4.58. The Labute approximate surface area is 94.4 Å². The molecule has 1 aromatic rings. The molecule has 0 spiro atoms. The van der Waals surface area contributed by atoms with Crippen molar-refractivity contribution in [3.05, 3.63) is 27.2 Å². The van der Waals surface area contributed by atoms with Crippen molar-refractivity contribution in [2.75, 3.05) is 12.4 Å². The third-order valence-corrected chi connectivity index (χ3v) is 3.74. The zero-order valence-electron chi connectivity index (χ0n) is 8.32. The van der Waals surface area contributed by atoms with Crippen molar-refractivity contribution in [1.82, 2.24) is 0 Å². The minimum Gasteiger partial charge on any atom is -0.388 e. The standard InChI is InChI=1S/C11H13Cl2N/c1-6-9(14-2)5-8(7-3-4-7)11(13)10(6)12/h5,7,14H,3-4H2,1-2H3. The lowest BCUT2D eigenvalue weighted by molar-refractivity contribution is 1.12. The number of anilines is 1. The van der Waals surface area contributed by atoms with Crippen LogP contribution in [0.25, 0.3) is 0 Å². The van der Waals surface area contributed by atoms with Crippen molar-refractivity contribution in [3.63, 3.8) is 0 Å². The lowest BCUT2D eigenvalue weighted by atomic mass is 10.1. The first-order chi connectivity index (χ1) is 6.65. The molecule has 1 N–H and O–H groups in total. The minimum absolute atomic E-state index is 0.632. The monoisotopic (exact) mass is 229 g/mol. The second kappa shape index (κ2) is 3.63. The van der Waals surface area contributed by atoms with E-state index in [1.165, 1.54) is 18.4 Å². The molecule has 0 radical (unpaired) electrons. The minimum atomic E-state index is 0.632. The first-order valence-corrected chi connectivity index (χ1v) is 5.57. The van der Waals surface area contributed by atoms with Crippen molar-refractivity contribution >= 4 is 28.9 Å². The topological polar surface area (TPSA) is 12.0 Å². The van der Waals surface area contributed by atoms with Crippen molar-refractivity contribution in [2.45, 2.75) is 25.7 Å². The molecular formula is C11H13Cl2N. The van der Waals surface area contributed by atoms with Crippen molar-refractivity contribution in [1.29, 1.82) is 0 Å². The Kier molecular flexibility index (Phi) is 2.63. The van der Waals surface area contributed by atoms with E-state index in [0.29, 0.717) is 10.9 Å². The van der Waals surface area contributed by atoms with Gasteiger partial charge >= 0.3 is 0 Å². The predicted molar refractivity (Wildman–Crippen MR) is 62.7 cm³/mol. The summed E-state index contributed by atoms with van der Waals surface area (Å²) in [4.78, 5) is 0. The Morgan fingerprint density at radius 3 is 2.43 bits per heavy atom. The molecule has 0 heterocycles. The van der Waals surface area contributed by atoms with Gasteiger partial charge in [-0.3, -0.25) is 0 Å². The quantitative estimate of drug-likeness (QED) is 0.801. The number of benzene rings is 1. The Balaban J connectivity index is 2.55. The SMILES string of the molecule is CNc1cc(C2CC2)c(Cl)c(Cl)c1C. The molecule has 1 fully saturated rings. The van der Waals surface area contributed by atoms with Gasteiger partial charge < -0.3 is 5.32 Å². The molecule has 76 valence electrons. The molecule has 0 saturated heterocycles. The lowest BCUT2D eigenvalue weighted by Gasteiger charge is -2.12. The summed E-state index contributed by atoms with van der Waals surface area (Å²) in [5.41, 5.74) is 3.32. The highest BCUT2D eigenvalue weighted by molar-refractivity contribution is 6.43. The highest BCUT2D eigenvalue weighted by Crippen LogP contribution is 2.47. The van der Waals surface area contributed by atoms with Crippen molar-refractivity contribution in [2.24, 2.45) is 0 Å². The number of rotatable bonds is 2. The van der Waals surface area contributed by atoms with E-state index in [-0.39, 0.29) is 0 Å². The highest BCUT2D eigenvalue weighted by atomic mass is 35.5. The van der Waals surface area contributed by atoms with Crippen LogP contribution in [0, 0.1) is 6.92 Å². The van der Waals surface area contributed by atoms with Gasteiger partial charge in [0.15, 0.2) is 0 Å². The largest absolute Gasteiger partial charge is 0.388 e. The summed E-state index contributed by atoms with van der Waals surface area (Å²) in [7, 11) is 1.91. The van der Waals surface area contributed by atoms with Gasteiger partial charge in [0.1, 0.15) is 0 Å². The molecule has 0 unspecified atom stereocenters. The summed E-state index contributed by atoms with van der Waals surface area (Å²) in [5.74, 6) is 0.632. The van der Waals surface area contributed by atoms with Gasteiger partial charge in [0.05, 0.1) is 10.0 Å². The summed E-state index contributed by atoms with van der Waals surface area (Å²) in [6.07, 6.45) is 2.48. The van der Waals surface area contributed by atoms with E-state index in [4.69, 9.17) is 23.2 Å². The molecule has 1 aliphatic carbocycles. The summed E-state index contributed by atoms with van der Waals surface area (Å²) in [6, 6.07) is 2.13. The van der Waals surface area contributed by atoms with Crippen molar-refractivity contribution in [3.8, 4) is 0 Å². The second-order valence-electron chi connectivity index (χ2n) is 3.79. The molecule has 2 rings (SSSR count). The fourth-order valence-electron chi connectivity index (χ4n) is 1.69. The van der Waals surface area contributed by atoms with Crippen LogP contribution in [0.4, 0.5) is 5.69 Å². The zero-order chi connectivity index (χ0) is 10.3. The summed E-state index contributed by atoms with van der Waals surface area (Å²) in [6.45, 7) is 1.98. The van der Waals surface area contributed by atoms with Crippen LogP contribution < -0.4 is 5.32 Å². The number of halogens is 2. The van der Waals surface area contributed by atoms with E-state index in [0.717, 1.165) is 16.3 Å². The first kappa shape index (κ1) is 10.1. The maximum absolute atomic E-state index is 6.20. The van der Waals surface area contributed by atoms with Gasteiger partial charge in [-0.15, -0.1) is 0 Å². The summed E-state index contributed by atoms with van der Waals surface area (Å²) >= 11 is 12.4. The fourth-order valence-corrected chi connectivity index (χ4v) is 2.25. The molecule has 14 heavy (non-hydrogen) atoms. The molecular weight excluding hydrogens is 217 g/mol. The lowest BCUT2D eigenvalue weighted by Crippen LogP contribution is -1.95. The van der Waals surface area contributed by atoms with Crippen LogP contribution in [-0.4, -0.2) is 7.05 Å². The van der Waals surface area contributed by atoms with Crippen LogP contribution in [-0.2, 0) is 0 Å². The van der Waals surface area contributed by atoms with Crippen molar-refractivity contribution < 1.29 is 0 Å². The molecule has 1 aliphatic rings. The van der Waals surface area contributed by atoms with Gasteiger partial charge in [-0.25, -0.2) is 0 Å². The Bertz CT molecular complexity index is 370. The van der Waals surface area contributed by atoms with Crippen LogP contribution in [0.5, 0.6) is 0 Å². The molecule has 0 aliphatic heterocycles. The van der Waals surface area contributed by atoms with Crippen LogP contribution >= 0.6 is 23.2 Å². The highest BCUT2D eigenvalue weighted by Gasteiger charge is 2.27. The van der Waals surface area contributed by atoms with E-state index in [1.54, 1.807) is 0 Å². The maximum Gasteiger partial charge on any atom is 0.0644 e. The Morgan fingerprint density at radius 1 is 1.29 bits per heavy atom. The number of hydrogen-bond donors (Lipinski definition) is 1. The predicted octanol–water partition coefficient (Wildman–Crippen LogP) is 4.22. The van der Waals surface area contributed by atoms with E-state index in [1.807, 2.05) is 14.0 Å². The fraction of sp³-hybridized carbons (Fsp3) is 0.455. The molecule has 0 amide bonds. The molecule has 0 aromatic heterocycles. The first-order valence-electron chi connectivity index (χ1n) is 4.81. The van der Waals surface area contributed by atoms with Crippen LogP contribution in [0.2, 0.25) is 10.0 Å². The van der Waals surface area contributed by atoms with E-state index in [2.05, 4.69) is 11.4 Å². The zero-order valence-corrected chi connectivity index (χ0v) is 9.84. The van der Waals surface area contributed by atoms with Gasteiger partial charge in [0.25, 0.3) is 0 Å². The molecule has 1 nitrogen and oxygen atoms in total. The Hall–Kier alpha value is -0.400. The average molecular weight is 230 g/mol. The molecule has 0 bridgehead atoms. The molecule has 3 heteroatoms. The molecule has 0 atom stereocenters. The van der Waals surface area contributed by atoms with Crippen LogP contribution in [0.3, 0.4) is 0 Å². The van der Waals surface area contributed by atoms with Gasteiger partial charge in [-0.1, -0.05) is 23.2 Å². The maximum atomic E-state index is 6.20. The van der Waals surface area contributed by atoms with E-state index in [9.17, 15) is 0 Å². The van der Waals surface area contributed by atoms with Gasteiger partial charge in [-0.2, -0.15) is 0 Å². The summed E-state index contributed by atoms with van der Waals surface area (Å²) < 4.78 is 0.